The highest BCUT2D eigenvalue weighted by molar-refractivity contribution is 7.98. The van der Waals surface area contributed by atoms with Crippen molar-refractivity contribution in [1.82, 2.24) is 9.97 Å². The van der Waals surface area contributed by atoms with Gasteiger partial charge >= 0.3 is 6.18 Å². The Morgan fingerprint density at radius 1 is 1.15 bits per heavy atom. The van der Waals surface area contributed by atoms with Gasteiger partial charge in [0.15, 0.2) is 0 Å². The molecular formula is C13H12F3N3S. The summed E-state index contributed by atoms with van der Waals surface area (Å²) in [6.07, 6.45) is -4.56. The van der Waals surface area contributed by atoms with Crippen LogP contribution in [-0.2, 0) is 11.9 Å². The summed E-state index contributed by atoms with van der Waals surface area (Å²) in [4.78, 5) is 7.46. The number of aromatic nitrogens is 2. The lowest BCUT2D eigenvalue weighted by Gasteiger charge is -2.14. The molecule has 0 amide bonds. The molecule has 0 saturated carbocycles. The van der Waals surface area contributed by atoms with Gasteiger partial charge in [0.1, 0.15) is 22.2 Å². The Bertz CT molecular complexity index is 600. The molecule has 1 aromatic carbocycles. The average Bonchev–Trinajstić information content (AvgIpc) is 2.35. The Morgan fingerprint density at radius 3 is 2.40 bits per heavy atom. The second kappa shape index (κ2) is 5.70. The minimum absolute atomic E-state index is 0.133. The largest absolute Gasteiger partial charge is 0.422 e. The number of alkyl halides is 3. The number of nitrogens with zero attached hydrogens (tertiary/aromatic N) is 2. The summed E-state index contributed by atoms with van der Waals surface area (Å²) >= 11 is 1.00. The molecule has 7 heteroatoms. The van der Waals surface area contributed by atoms with Gasteiger partial charge in [-0.15, -0.1) is 11.8 Å². The van der Waals surface area contributed by atoms with Gasteiger partial charge in [-0.3, -0.25) is 0 Å². The molecule has 0 radical (unpaired) electrons. The van der Waals surface area contributed by atoms with Crippen molar-refractivity contribution in [3.63, 3.8) is 0 Å². The first kappa shape index (κ1) is 14.6. The fraction of sp³-hybridized carbons (Fsp3) is 0.231. The van der Waals surface area contributed by atoms with Crippen LogP contribution in [-0.4, -0.2) is 9.97 Å². The van der Waals surface area contributed by atoms with Crippen LogP contribution in [0.5, 0.6) is 0 Å². The maximum absolute atomic E-state index is 13.0. The van der Waals surface area contributed by atoms with Gasteiger partial charge in [0.05, 0.1) is 0 Å². The van der Waals surface area contributed by atoms with Crippen LogP contribution in [0.25, 0.3) is 0 Å². The van der Waals surface area contributed by atoms with Gasteiger partial charge < -0.3 is 5.73 Å². The van der Waals surface area contributed by atoms with E-state index in [-0.39, 0.29) is 10.9 Å². The molecule has 0 atom stereocenters. The fourth-order valence-corrected chi connectivity index (χ4v) is 2.72. The highest BCUT2D eigenvalue weighted by atomic mass is 32.2. The van der Waals surface area contributed by atoms with E-state index in [0.717, 1.165) is 17.3 Å². The van der Waals surface area contributed by atoms with Crippen molar-refractivity contribution in [2.75, 3.05) is 5.73 Å². The lowest BCUT2D eigenvalue weighted by atomic mass is 10.2. The zero-order valence-corrected chi connectivity index (χ0v) is 11.4. The quantitative estimate of drug-likeness (QED) is 0.694. The number of halogens is 3. The van der Waals surface area contributed by atoms with Gasteiger partial charge in [0.2, 0.25) is 0 Å². The molecule has 3 nitrogen and oxygen atoms in total. The summed E-state index contributed by atoms with van der Waals surface area (Å²) in [5.41, 5.74) is 5.36. The lowest BCUT2D eigenvalue weighted by molar-refractivity contribution is -0.139. The summed E-state index contributed by atoms with van der Waals surface area (Å²) in [7, 11) is 0. The minimum Gasteiger partial charge on any atom is -0.383 e. The molecule has 0 spiro atoms. The third kappa shape index (κ3) is 3.41. The number of aryl methyl sites for hydroxylation is 1. The molecule has 0 saturated heterocycles. The SMILES string of the molecule is Cc1nc(N)c(C(F)(F)F)c(SCc2ccccc2)n1. The van der Waals surface area contributed by atoms with E-state index in [0.29, 0.717) is 5.75 Å². The second-order valence-corrected chi connectivity index (χ2v) is 5.07. The summed E-state index contributed by atoms with van der Waals surface area (Å²) in [5.74, 6) is 0.0893. The predicted molar refractivity (Wildman–Crippen MR) is 72.2 cm³/mol. The molecule has 0 aliphatic heterocycles. The van der Waals surface area contributed by atoms with Crippen molar-refractivity contribution < 1.29 is 13.2 Å². The topological polar surface area (TPSA) is 51.8 Å². The molecular weight excluding hydrogens is 287 g/mol. The third-order valence-corrected chi connectivity index (χ3v) is 3.56. The van der Waals surface area contributed by atoms with Gasteiger partial charge in [0, 0.05) is 5.75 Å². The standard InChI is InChI=1S/C13H12F3N3S/c1-8-18-11(17)10(13(14,15)16)12(19-8)20-7-9-5-3-2-4-6-9/h2-6H,7H2,1H3,(H2,17,18,19). The number of hydrogen-bond donors (Lipinski definition) is 1. The number of nitrogens with two attached hydrogens (primary N) is 1. The number of hydrogen-bond acceptors (Lipinski definition) is 4. The maximum atomic E-state index is 13.0. The maximum Gasteiger partial charge on any atom is 0.422 e. The monoisotopic (exact) mass is 299 g/mol. The van der Waals surface area contributed by atoms with Gasteiger partial charge in [-0.2, -0.15) is 13.2 Å². The number of benzene rings is 1. The first-order chi connectivity index (χ1) is 9.38. The molecule has 20 heavy (non-hydrogen) atoms. The summed E-state index contributed by atoms with van der Waals surface area (Å²) in [6.45, 7) is 1.52. The van der Waals surface area contributed by atoms with Gasteiger partial charge in [0.25, 0.3) is 0 Å². The molecule has 1 aromatic heterocycles. The van der Waals surface area contributed by atoms with E-state index in [2.05, 4.69) is 9.97 Å². The highest BCUT2D eigenvalue weighted by Gasteiger charge is 2.38. The smallest absolute Gasteiger partial charge is 0.383 e. The number of thioether (sulfide) groups is 1. The minimum atomic E-state index is -4.56. The highest BCUT2D eigenvalue weighted by Crippen LogP contribution is 2.39. The van der Waals surface area contributed by atoms with Crippen LogP contribution in [0, 0.1) is 6.92 Å². The molecule has 0 aliphatic carbocycles. The van der Waals surface area contributed by atoms with Crippen molar-refractivity contribution in [3.8, 4) is 0 Å². The zero-order chi connectivity index (χ0) is 14.8. The molecule has 2 rings (SSSR count). The van der Waals surface area contributed by atoms with E-state index in [4.69, 9.17) is 5.73 Å². The van der Waals surface area contributed by atoms with Crippen LogP contribution in [0.15, 0.2) is 35.4 Å². The molecule has 0 fully saturated rings. The number of anilines is 1. The van der Waals surface area contributed by atoms with E-state index in [1.165, 1.54) is 6.92 Å². The van der Waals surface area contributed by atoms with Gasteiger partial charge in [-0.25, -0.2) is 9.97 Å². The molecule has 0 bridgehead atoms. The molecule has 106 valence electrons. The Morgan fingerprint density at radius 2 is 1.80 bits per heavy atom. The number of rotatable bonds is 3. The van der Waals surface area contributed by atoms with Crippen molar-refractivity contribution in [3.05, 3.63) is 47.3 Å². The van der Waals surface area contributed by atoms with Crippen LogP contribution >= 0.6 is 11.8 Å². The molecule has 0 unspecified atom stereocenters. The van der Waals surface area contributed by atoms with E-state index in [1.807, 2.05) is 30.3 Å². The Hall–Kier alpha value is -1.76. The Labute approximate surface area is 118 Å². The zero-order valence-electron chi connectivity index (χ0n) is 10.6. The lowest BCUT2D eigenvalue weighted by Crippen LogP contribution is -2.14. The van der Waals surface area contributed by atoms with Crippen molar-refractivity contribution >= 4 is 17.6 Å². The van der Waals surface area contributed by atoms with Crippen molar-refractivity contribution in [2.24, 2.45) is 0 Å². The van der Waals surface area contributed by atoms with Crippen LogP contribution in [0.3, 0.4) is 0 Å². The summed E-state index contributed by atoms with van der Waals surface area (Å²) in [6, 6.07) is 9.21. The molecule has 1 heterocycles. The van der Waals surface area contributed by atoms with Gasteiger partial charge in [-0.1, -0.05) is 30.3 Å². The van der Waals surface area contributed by atoms with Gasteiger partial charge in [-0.05, 0) is 12.5 Å². The van der Waals surface area contributed by atoms with E-state index < -0.39 is 17.6 Å². The van der Waals surface area contributed by atoms with Crippen molar-refractivity contribution in [1.29, 1.82) is 0 Å². The first-order valence-corrected chi connectivity index (χ1v) is 6.74. The van der Waals surface area contributed by atoms with Crippen LogP contribution in [0.2, 0.25) is 0 Å². The molecule has 0 aliphatic rings. The summed E-state index contributed by atoms with van der Waals surface area (Å²) < 4.78 is 39.0. The normalized spacial score (nSPS) is 11.6. The predicted octanol–water partition coefficient (Wildman–Crippen LogP) is 3.68. The molecule has 2 aromatic rings. The third-order valence-electron chi connectivity index (χ3n) is 2.52. The van der Waals surface area contributed by atoms with Crippen LogP contribution in [0.4, 0.5) is 19.0 Å². The second-order valence-electron chi connectivity index (χ2n) is 4.11. The molecule has 2 N–H and O–H groups in total. The first-order valence-electron chi connectivity index (χ1n) is 5.76. The van der Waals surface area contributed by atoms with Crippen molar-refractivity contribution in [2.45, 2.75) is 23.9 Å². The fourth-order valence-electron chi connectivity index (χ4n) is 1.66. The Kier molecular flexibility index (Phi) is 4.17. The van der Waals surface area contributed by atoms with E-state index >= 15 is 0 Å². The average molecular weight is 299 g/mol. The van der Waals surface area contributed by atoms with E-state index in [9.17, 15) is 13.2 Å². The van der Waals surface area contributed by atoms with E-state index in [1.54, 1.807) is 0 Å². The van der Waals surface area contributed by atoms with Crippen LogP contribution in [0.1, 0.15) is 17.0 Å². The summed E-state index contributed by atoms with van der Waals surface area (Å²) in [5, 5.41) is -0.133. The Balaban J connectivity index is 2.31. The number of nitrogen functional groups attached to an aromatic ring is 1. The van der Waals surface area contributed by atoms with Crippen LogP contribution < -0.4 is 5.73 Å².